The molecule has 8 nitrogen and oxygen atoms in total. The van der Waals surface area contributed by atoms with Crippen LogP contribution in [0.5, 0.6) is 0 Å². The molecule has 0 aliphatic carbocycles. The highest BCUT2D eigenvalue weighted by Crippen LogP contribution is 2.26. The molecule has 3 aromatic rings. The lowest BCUT2D eigenvalue weighted by Gasteiger charge is -2.26. The van der Waals surface area contributed by atoms with Gasteiger partial charge in [-0.15, -0.1) is 0 Å². The van der Waals surface area contributed by atoms with Crippen LogP contribution in [0.15, 0.2) is 54.6 Å². The van der Waals surface area contributed by atoms with E-state index in [9.17, 15) is 19.3 Å². The van der Waals surface area contributed by atoms with Gasteiger partial charge < -0.3 is 9.64 Å². The van der Waals surface area contributed by atoms with Crippen molar-refractivity contribution in [1.29, 1.82) is 0 Å². The van der Waals surface area contributed by atoms with Crippen molar-refractivity contribution in [2.45, 2.75) is 0 Å². The van der Waals surface area contributed by atoms with Crippen LogP contribution in [-0.4, -0.2) is 51.8 Å². The summed E-state index contributed by atoms with van der Waals surface area (Å²) in [7, 11) is 0. The molecule has 0 saturated carbocycles. The number of amides is 1. The number of halogens is 1. The van der Waals surface area contributed by atoms with E-state index < -0.39 is 10.7 Å². The van der Waals surface area contributed by atoms with Crippen LogP contribution in [-0.2, 0) is 4.74 Å². The first-order chi connectivity index (χ1) is 14.0. The molecule has 0 atom stereocenters. The molecular weight excluding hydrogens is 379 g/mol. The van der Waals surface area contributed by atoms with Gasteiger partial charge in [-0.3, -0.25) is 14.9 Å². The minimum absolute atomic E-state index is 0.0729. The SMILES string of the molecule is O=C(c1cc(-c2ccccc2F)nn1-c1ccc([N+](=O)[O-])cc1)N1CCOCC1. The molecule has 0 N–H and O–H groups in total. The maximum atomic E-state index is 14.3. The van der Waals surface area contributed by atoms with Gasteiger partial charge in [0.15, 0.2) is 0 Å². The van der Waals surface area contributed by atoms with Gasteiger partial charge >= 0.3 is 0 Å². The average Bonchev–Trinajstić information content (AvgIpc) is 3.19. The van der Waals surface area contributed by atoms with Crippen LogP contribution in [0.25, 0.3) is 16.9 Å². The molecule has 1 aliphatic rings. The molecule has 1 amide bonds. The van der Waals surface area contributed by atoms with Crippen LogP contribution >= 0.6 is 0 Å². The van der Waals surface area contributed by atoms with Crippen molar-refractivity contribution in [2.24, 2.45) is 0 Å². The van der Waals surface area contributed by atoms with E-state index in [2.05, 4.69) is 5.10 Å². The summed E-state index contributed by atoms with van der Waals surface area (Å²) < 4.78 is 21.0. The fraction of sp³-hybridized carbons (Fsp3) is 0.200. The van der Waals surface area contributed by atoms with Gasteiger partial charge in [-0.2, -0.15) is 5.10 Å². The van der Waals surface area contributed by atoms with Gasteiger partial charge in [-0.25, -0.2) is 9.07 Å². The van der Waals surface area contributed by atoms with Crippen molar-refractivity contribution in [3.63, 3.8) is 0 Å². The number of rotatable bonds is 4. The number of carbonyl (C=O) groups is 1. The smallest absolute Gasteiger partial charge is 0.272 e. The molecule has 1 aromatic heterocycles. The van der Waals surface area contributed by atoms with Gasteiger partial charge in [0, 0.05) is 30.8 Å². The van der Waals surface area contributed by atoms with Crippen molar-refractivity contribution < 1.29 is 18.8 Å². The second-order valence-electron chi connectivity index (χ2n) is 6.48. The molecule has 0 spiro atoms. The summed E-state index contributed by atoms with van der Waals surface area (Å²) >= 11 is 0. The molecule has 1 saturated heterocycles. The Morgan fingerprint density at radius 2 is 1.79 bits per heavy atom. The van der Waals surface area contributed by atoms with Crippen LogP contribution in [0.3, 0.4) is 0 Å². The van der Waals surface area contributed by atoms with Gasteiger partial charge in [0.2, 0.25) is 0 Å². The third-order valence-electron chi connectivity index (χ3n) is 4.68. The summed E-state index contributed by atoms with van der Waals surface area (Å²) in [5.41, 5.74) is 1.22. The zero-order valence-corrected chi connectivity index (χ0v) is 15.3. The summed E-state index contributed by atoms with van der Waals surface area (Å²) in [5, 5.41) is 15.4. The molecule has 4 rings (SSSR count). The number of carbonyl (C=O) groups excluding carboxylic acids is 1. The first-order valence-electron chi connectivity index (χ1n) is 9.01. The largest absolute Gasteiger partial charge is 0.378 e. The first-order valence-corrected chi connectivity index (χ1v) is 9.01. The Kier molecular flexibility index (Phi) is 5.05. The lowest BCUT2D eigenvalue weighted by Crippen LogP contribution is -2.41. The number of hydrogen-bond acceptors (Lipinski definition) is 5. The third-order valence-corrected chi connectivity index (χ3v) is 4.68. The highest BCUT2D eigenvalue weighted by atomic mass is 19.1. The zero-order chi connectivity index (χ0) is 20.4. The van der Waals surface area contributed by atoms with Gasteiger partial charge in [0.25, 0.3) is 11.6 Å². The second-order valence-corrected chi connectivity index (χ2v) is 6.48. The maximum absolute atomic E-state index is 14.3. The van der Waals surface area contributed by atoms with Crippen LogP contribution in [0.1, 0.15) is 10.5 Å². The molecule has 1 fully saturated rings. The quantitative estimate of drug-likeness (QED) is 0.499. The lowest BCUT2D eigenvalue weighted by molar-refractivity contribution is -0.384. The Morgan fingerprint density at radius 3 is 2.45 bits per heavy atom. The van der Waals surface area contributed by atoms with Gasteiger partial charge in [-0.1, -0.05) is 12.1 Å². The molecule has 1 aliphatic heterocycles. The zero-order valence-electron chi connectivity index (χ0n) is 15.3. The molecular formula is C20H17FN4O4. The lowest BCUT2D eigenvalue weighted by atomic mass is 10.1. The minimum atomic E-state index is -0.503. The molecule has 9 heteroatoms. The Hall–Kier alpha value is -3.59. The highest BCUT2D eigenvalue weighted by Gasteiger charge is 2.25. The summed E-state index contributed by atoms with van der Waals surface area (Å²) in [6.07, 6.45) is 0. The maximum Gasteiger partial charge on any atom is 0.272 e. The van der Waals surface area contributed by atoms with E-state index in [1.807, 2.05) is 0 Å². The van der Waals surface area contributed by atoms with Crippen LogP contribution in [0, 0.1) is 15.9 Å². The van der Waals surface area contributed by atoms with E-state index >= 15 is 0 Å². The molecule has 2 aromatic carbocycles. The van der Waals surface area contributed by atoms with Gasteiger partial charge in [-0.05, 0) is 30.3 Å². The Bertz CT molecular complexity index is 1060. The molecule has 2 heterocycles. The molecule has 29 heavy (non-hydrogen) atoms. The first kappa shape index (κ1) is 18.8. The van der Waals surface area contributed by atoms with Crippen molar-refractivity contribution in [3.05, 3.63) is 76.2 Å². The number of aromatic nitrogens is 2. The molecule has 0 unspecified atom stereocenters. The van der Waals surface area contributed by atoms with E-state index in [4.69, 9.17) is 4.74 Å². The summed E-state index contributed by atoms with van der Waals surface area (Å²) in [4.78, 5) is 25.2. The minimum Gasteiger partial charge on any atom is -0.378 e. The van der Waals surface area contributed by atoms with E-state index in [0.717, 1.165) is 0 Å². The molecule has 148 valence electrons. The van der Waals surface area contributed by atoms with E-state index in [0.29, 0.717) is 37.7 Å². The number of non-ortho nitro benzene ring substituents is 1. The number of nitrogens with zero attached hydrogens (tertiary/aromatic N) is 4. The average molecular weight is 396 g/mol. The second kappa shape index (κ2) is 7.80. The number of morpholine rings is 1. The van der Waals surface area contributed by atoms with Crippen molar-refractivity contribution in [2.75, 3.05) is 26.3 Å². The summed E-state index contributed by atoms with van der Waals surface area (Å²) in [6.45, 7) is 1.77. The fourth-order valence-electron chi connectivity index (χ4n) is 3.17. The van der Waals surface area contributed by atoms with Gasteiger partial charge in [0.1, 0.15) is 11.5 Å². The normalized spacial score (nSPS) is 14.0. The Labute approximate surface area is 165 Å². The van der Waals surface area contributed by atoms with E-state index in [1.165, 1.54) is 41.1 Å². The van der Waals surface area contributed by atoms with Crippen LogP contribution in [0.4, 0.5) is 10.1 Å². The number of hydrogen-bond donors (Lipinski definition) is 0. The fourth-order valence-corrected chi connectivity index (χ4v) is 3.17. The predicted octanol–water partition coefficient (Wildman–Crippen LogP) is 3.06. The van der Waals surface area contributed by atoms with Crippen molar-refractivity contribution in [3.8, 4) is 16.9 Å². The molecule has 0 radical (unpaired) electrons. The number of nitro benzene ring substituents is 1. The van der Waals surface area contributed by atoms with Crippen LogP contribution < -0.4 is 0 Å². The molecule has 0 bridgehead atoms. The Morgan fingerprint density at radius 1 is 1.10 bits per heavy atom. The predicted molar refractivity (Wildman–Crippen MR) is 102 cm³/mol. The van der Waals surface area contributed by atoms with Crippen LogP contribution in [0.2, 0.25) is 0 Å². The van der Waals surface area contributed by atoms with E-state index in [-0.39, 0.29) is 22.9 Å². The summed E-state index contributed by atoms with van der Waals surface area (Å²) in [6, 6.07) is 13.4. The topological polar surface area (TPSA) is 90.5 Å². The summed E-state index contributed by atoms with van der Waals surface area (Å²) in [5.74, 6) is -0.715. The monoisotopic (exact) mass is 396 g/mol. The van der Waals surface area contributed by atoms with Crippen molar-refractivity contribution in [1.82, 2.24) is 14.7 Å². The number of ether oxygens (including phenoxy) is 1. The van der Waals surface area contributed by atoms with Gasteiger partial charge in [0.05, 0.1) is 29.5 Å². The standard InChI is InChI=1S/C20H17FN4O4/c21-17-4-2-1-3-16(17)18-13-19(20(26)23-9-11-29-12-10-23)24(22-18)14-5-7-15(8-6-14)25(27)28/h1-8,13H,9-12H2. The van der Waals surface area contributed by atoms with Crippen molar-refractivity contribution >= 4 is 11.6 Å². The Balaban J connectivity index is 1.80. The highest BCUT2D eigenvalue weighted by molar-refractivity contribution is 5.94. The van der Waals surface area contributed by atoms with E-state index in [1.54, 1.807) is 23.1 Å². The third kappa shape index (κ3) is 3.72. The number of nitro groups is 1. The number of benzene rings is 2.